The molecule has 0 spiro atoms. The zero-order valence-corrected chi connectivity index (χ0v) is 18.2. The Morgan fingerprint density at radius 3 is 2.52 bits per heavy atom. The molecule has 8 heteroatoms. The number of anilines is 1. The number of ether oxygens (including phenoxy) is 1. The van der Waals surface area contributed by atoms with Crippen LogP contribution in [0.15, 0.2) is 54.6 Å². The van der Waals surface area contributed by atoms with Crippen LogP contribution in [0.1, 0.15) is 16.4 Å². The molecule has 2 aromatic carbocycles. The number of piperazine rings is 1. The van der Waals surface area contributed by atoms with Gasteiger partial charge in [-0.2, -0.15) is 9.61 Å². The summed E-state index contributed by atoms with van der Waals surface area (Å²) in [7, 11) is 1.68. The third kappa shape index (κ3) is 4.30. The number of rotatable bonds is 6. The van der Waals surface area contributed by atoms with Gasteiger partial charge in [0.25, 0.3) is 0 Å². The van der Waals surface area contributed by atoms with Crippen molar-refractivity contribution in [1.29, 1.82) is 0 Å². The van der Waals surface area contributed by atoms with Crippen LogP contribution in [-0.4, -0.2) is 58.0 Å². The summed E-state index contributed by atoms with van der Waals surface area (Å²) in [6, 6.07) is 18.5. The number of hydrogen-bond donors (Lipinski definition) is 0. The highest BCUT2D eigenvalue weighted by molar-refractivity contribution is 7.17. The minimum atomic E-state index is 0.753. The van der Waals surface area contributed by atoms with Gasteiger partial charge in [-0.15, -0.1) is 10.2 Å². The van der Waals surface area contributed by atoms with E-state index in [1.165, 1.54) is 17.0 Å². The van der Waals surface area contributed by atoms with Gasteiger partial charge in [0.1, 0.15) is 10.8 Å². The third-order valence-electron chi connectivity index (χ3n) is 5.47. The number of fused-ring (bicyclic) bond motifs is 1. The molecule has 1 aliphatic rings. The van der Waals surface area contributed by atoms with Gasteiger partial charge in [0.2, 0.25) is 4.96 Å². The lowest BCUT2D eigenvalue weighted by atomic mass is 10.2. The van der Waals surface area contributed by atoms with Crippen LogP contribution in [0.5, 0.6) is 5.75 Å². The number of benzene rings is 2. The summed E-state index contributed by atoms with van der Waals surface area (Å²) in [4.78, 5) is 5.66. The van der Waals surface area contributed by atoms with Crippen molar-refractivity contribution in [2.75, 3.05) is 38.2 Å². The maximum Gasteiger partial charge on any atom is 0.235 e. The van der Waals surface area contributed by atoms with Crippen molar-refractivity contribution in [2.45, 2.75) is 6.54 Å². The van der Waals surface area contributed by atoms with E-state index in [0.29, 0.717) is 0 Å². The number of aromatic nitrogens is 4. The van der Waals surface area contributed by atoms with Crippen molar-refractivity contribution in [3.05, 3.63) is 71.0 Å². The molecule has 0 N–H and O–H groups in total. The first-order chi connectivity index (χ1) is 15.3. The van der Waals surface area contributed by atoms with E-state index >= 15 is 0 Å². The van der Waals surface area contributed by atoms with E-state index in [1.807, 2.05) is 40.9 Å². The minimum absolute atomic E-state index is 0.753. The molecular formula is C23H24N6OS. The molecule has 0 radical (unpaired) electrons. The van der Waals surface area contributed by atoms with Crippen molar-refractivity contribution >= 4 is 34.1 Å². The standard InChI is InChI=1S/C23H24N6OS/c1-30-20-10-6-5-7-18(20)11-12-22-26-29-21(24-25-23(29)31-22)17-27-13-15-28(16-14-27)19-8-3-2-4-9-19/h2-12H,13-17H2,1H3/b12-11+. The van der Waals surface area contributed by atoms with E-state index < -0.39 is 0 Å². The molecule has 0 unspecified atom stereocenters. The fraction of sp³-hybridized carbons (Fsp3) is 0.261. The summed E-state index contributed by atoms with van der Waals surface area (Å²) in [5.41, 5.74) is 2.31. The zero-order chi connectivity index (χ0) is 21.0. The van der Waals surface area contributed by atoms with Gasteiger partial charge in [-0.25, -0.2) is 0 Å². The number of nitrogens with zero attached hydrogens (tertiary/aromatic N) is 6. The lowest BCUT2D eigenvalue weighted by Crippen LogP contribution is -2.46. The van der Waals surface area contributed by atoms with E-state index in [1.54, 1.807) is 7.11 Å². The second-order valence-electron chi connectivity index (χ2n) is 7.42. The monoisotopic (exact) mass is 432 g/mol. The van der Waals surface area contributed by atoms with Crippen molar-refractivity contribution in [1.82, 2.24) is 24.7 Å². The Balaban J connectivity index is 1.26. The molecule has 0 saturated carbocycles. The summed E-state index contributed by atoms with van der Waals surface area (Å²) in [5.74, 6) is 1.73. The smallest absolute Gasteiger partial charge is 0.235 e. The van der Waals surface area contributed by atoms with Crippen LogP contribution < -0.4 is 9.64 Å². The predicted molar refractivity (Wildman–Crippen MR) is 125 cm³/mol. The quantitative estimate of drug-likeness (QED) is 0.463. The molecule has 0 aliphatic carbocycles. The Hall–Kier alpha value is -3.23. The molecular weight excluding hydrogens is 408 g/mol. The van der Waals surface area contributed by atoms with E-state index in [9.17, 15) is 0 Å². The Labute approximate surface area is 185 Å². The highest BCUT2D eigenvalue weighted by Crippen LogP contribution is 2.22. The van der Waals surface area contributed by atoms with Crippen molar-refractivity contribution in [2.24, 2.45) is 0 Å². The molecule has 1 aliphatic heterocycles. The summed E-state index contributed by atoms with van der Waals surface area (Å²) < 4.78 is 7.28. The molecule has 0 amide bonds. The molecule has 0 atom stereocenters. The molecule has 7 nitrogen and oxygen atoms in total. The van der Waals surface area contributed by atoms with Gasteiger partial charge in [-0.05, 0) is 30.4 Å². The first-order valence-electron chi connectivity index (χ1n) is 10.3. The maximum absolute atomic E-state index is 5.41. The molecule has 1 saturated heterocycles. The van der Waals surface area contributed by atoms with Crippen LogP contribution in [0.25, 0.3) is 17.1 Å². The van der Waals surface area contributed by atoms with Gasteiger partial charge in [0.15, 0.2) is 5.82 Å². The van der Waals surface area contributed by atoms with Crippen LogP contribution in [-0.2, 0) is 6.54 Å². The number of methoxy groups -OCH3 is 1. The van der Waals surface area contributed by atoms with Crippen molar-refractivity contribution in [3.8, 4) is 5.75 Å². The van der Waals surface area contributed by atoms with Crippen LogP contribution >= 0.6 is 11.3 Å². The lowest BCUT2D eigenvalue weighted by Gasteiger charge is -2.35. The molecule has 31 heavy (non-hydrogen) atoms. The largest absolute Gasteiger partial charge is 0.496 e. The normalized spacial score (nSPS) is 15.2. The van der Waals surface area contributed by atoms with E-state index in [4.69, 9.17) is 9.84 Å². The summed E-state index contributed by atoms with van der Waals surface area (Å²) in [5, 5.41) is 14.3. The molecule has 2 aromatic heterocycles. The summed E-state index contributed by atoms with van der Waals surface area (Å²) >= 11 is 1.53. The van der Waals surface area contributed by atoms with Crippen molar-refractivity contribution < 1.29 is 4.74 Å². The highest BCUT2D eigenvalue weighted by atomic mass is 32.1. The molecule has 1 fully saturated rings. The second-order valence-corrected chi connectivity index (χ2v) is 8.41. The topological polar surface area (TPSA) is 58.8 Å². The molecule has 0 bridgehead atoms. The number of hydrogen-bond acceptors (Lipinski definition) is 7. The van der Waals surface area contributed by atoms with Gasteiger partial charge in [-0.3, -0.25) is 4.90 Å². The van der Waals surface area contributed by atoms with E-state index in [0.717, 1.165) is 59.8 Å². The fourth-order valence-corrected chi connectivity index (χ4v) is 4.57. The van der Waals surface area contributed by atoms with Crippen LogP contribution in [0.4, 0.5) is 5.69 Å². The maximum atomic E-state index is 5.41. The Morgan fingerprint density at radius 1 is 0.935 bits per heavy atom. The summed E-state index contributed by atoms with van der Waals surface area (Å²) in [6.45, 7) is 4.76. The first kappa shape index (κ1) is 19.7. The Kier molecular flexibility index (Phi) is 5.64. The van der Waals surface area contributed by atoms with Gasteiger partial charge in [0.05, 0.1) is 13.7 Å². The van der Waals surface area contributed by atoms with Crippen LogP contribution in [0, 0.1) is 0 Å². The molecule has 3 heterocycles. The van der Waals surface area contributed by atoms with Crippen molar-refractivity contribution in [3.63, 3.8) is 0 Å². The average Bonchev–Trinajstić information content (AvgIpc) is 3.40. The first-order valence-corrected chi connectivity index (χ1v) is 11.2. The Morgan fingerprint density at radius 2 is 1.71 bits per heavy atom. The second kappa shape index (κ2) is 8.87. The Bertz CT molecular complexity index is 1180. The third-order valence-corrected chi connectivity index (χ3v) is 6.34. The zero-order valence-electron chi connectivity index (χ0n) is 17.4. The van der Waals surface area contributed by atoms with E-state index in [-0.39, 0.29) is 0 Å². The van der Waals surface area contributed by atoms with Gasteiger partial charge in [-0.1, -0.05) is 47.7 Å². The summed E-state index contributed by atoms with van der Waals surface area (Å²) in [6.07, 6.45) is 4.02. The average molecular weight is 433 g/mol. The van der Waals surface area contributed by atoms with Gasteiger partial charge >= 0.3 is 0 Å². The highest BCUT2D eigenvalue weighted by Gasteiger charge is 2.20. The number of para-hydroxylation sites is 2. The van der Waals surface area contributed by atoms with Gasteiger partial charge < -0.3 is 9.64 Å². The molecule has 158 valence electrons. The molecule has 4 aromatic rings. The lowest BCUT2D eigenvalue weighted by molar-refractivity contribution is 0.242. The van der Waals surface area contributed by atoms with Crippen LogP contribution in [0.2, 0.25) is 0 Å². The van der Waals surface area contributed by atoms with Gasteiger partial charge in [0, 0.05) is 37.4 Å². The minimum Gasteiger partial charge on any atom is -0.496 e. The molecule has 5 rings (SSSR count). The van der Waals surface area contributed by atoms with Crippen LogP contribution in [0.3, 0.4) is 0 Å². The fourth-order valence-electron chi connectivity index (χ4n) is 3.81. The predicted octanol–water partition coefficient (Wildman–Crippen LogP) is 3.69. The van der Waals surface area contributed by atoms with E-state index in [2.05, 4.69) is 50.3 Å². The SMILES string of the molecule is COc1ccccc1/C=C/c1nn2c(CN3CCN(c4ccccc4)CC3)nnc2s1.